The molecule has 0 heterocycles. The number of rotatable bonds is 3. The molecule has 3 fully saturated rings. The van der Waals surface area contributed by atoms with Gasteiger partial charge >= 0.3 is 0 Å². The van der Waals surface area contributed by atoms with E-state index >= 15 is 0 Å². The average molecular weight is 473 g/mol. The van der Waals surface area contributed by atoms with Crippen LogP contribution in [0.2, 0.25) is 0 Å². The molecule has 8 atom stereocenters. The Kier molecular flexibility index (Phi) is 13.4. The van der Waals surface area contributed by atoms with Gasteiger partial charge in [0.25, 0.3) is 0 Å². The minimum absolute atomic E-state index is 0. The first-order valence-electron chi connectivity index (χ1n) is 13.1. The standard InChI is InChI=1S/C23H38O2.C4H10.CH4O.2H2O/c1-15(10-13-24)19-6-7-20-18-5-4-16-14-17(25)8-11-22(16,2)21(18)9-12-23(19,20)3;1-4(2)3;1-2;;/h4,15,17-21,24-25H,5-14H2,1-3H3;4H,1-3H3;2H,1H3;2*1H2. The van der Waals surface area contributed by atoms with Crippen LogP contribution in [0.3, 0.4) is 0 Å². The zero-order valence-corrected chi connectivity index (χ0v) is 22.5. The summed E-state index contributed by atoms with van der Waals surface area (Å²) >= 11 is 0. The van der Waals surface area contributed by atoms with Gasteiger partial charge in [-0.2, -0.15) is 0 Å². The van der Waals surface area contributed by atoms with E-state index in [1.165, 1.54) is 38.5 Å². The van der Waals surface area contributed by atoms with Gasteiger partial charge in [0.05, 0.1) is 6.10 Å². The van der Waals surface area contributed by atoms with Crippen LogP contribution in [0.5, 0.6) is 0 Å². The van der Waals surface area contributed by atoms with E-state index in [2.05, 4.69) is 47.6 Å². The molecule has 33 heavy (non-hydrogen) atoms. The summed E-state index contributed by atoms with van der Waals surface area (Å²) in [4.78, 5) is 0. The van der Waals surface area contributed by atoms with E-state index in [-0.39, 0.29) is 17.1 Å². The van der Waals surface area contributed by atoms with Gasteiger partial charge in [0, 0.05) is 13.7 Å². The first kappa shape index (κ1) is 32.5. The molecule has 7 N–H and O–H groups in total. The Morgan fingerprint density at radius 2 is 1.55 bits per heavy atom. The number of hydrogen-bond donors (Lipinski definition) is 3. The third kappa shape index (κ3) is 6.61. The predicted octanol–water partition coefficient (Wildman–Crippen LogP) is 4.57. The third-order valence-electron chi connectivity index (χ3n) is 9.42. The van der Waals surface area contributed by atoms with Crippen molar-refractivity contribution in [1.29, 1.82) is 0 Å². The van der Waals surface area contributed by atoms with Gasteiger partial charge in [-0.25, -0.2) is 0 Å². The molecule has 4 aliphatic rings. The lowest BCUT2D eigenvalue weighted by Crippen LogP contribution is -2.50. The van der Waals surface area contributed by atoms with E-state index in [1.54, 1.807) is 5.57 Å². The predicted molar refractivity (Wildman–Crippen MR) is 138 cm³/mol. The van der Waals surface area contributed by atoms with Crippen LogP contribution >= 0.6 is 0 Å². The Morgan fingerprint density at radius 1 is 0.939 bits per heavy atom. The second kappa shape index (κ2) is 13.6. The number of fused-ring (bicyclic) bond motifs is 5. The smallest absolute Gasteiger partial charge is 0.0577 e. The Balaban J connectivity index is 0.00000116. The molecule has 0 amide bonds. The van der Waals surface area contributed by atoms with Crippen molar-refractivity contribution in [3.05, 3.63) is 11.6 Å². The lowest BCUT2D eigenvalue weighted by molar-refractivity contribution is -0.0578. The number of aliphatic hydroxyl groups excluding tert-OH is 3. The SMILES string of the molecule is CC(C)C.CC(CCO)C1CCC2C3CC=C4CC(O)CCC4(C)C3CCC12C.CO.O.O. The van der Waals surface area contributed by atoms with E-state index in [0.29, 0.717) is 23.4 Å². The van der Waals surface area contributed by atoms with Crippen LogP contribution in [0.4, 0.5) is 0 Å². The van der Waals surface area contributed by atoms with Crippen LogP contribution in [0.15, 0.2) is 11.6 Å². The van der Waals surface area contributed by atoms with Crippen LogP contribution < -0.4 is 0 Å². The fourth-order valence-corrected chi connectivity index (χ4v) is 8.02. The highest BCUT2D eigenvalue weighted by Gasteiger charge is 2.59. The maximum Gasteiger partial charge on any atom is 0.0577 e. The molecule has 5 nitrogen and oxygen atoms in total. The molecule has 0 radical (unpaired) electrons. The number of aliphatic hydroxyl groups is 3. The van der Waals surface area contributed by atoms with Crippen molar-refractivity contribution in [1.82, 2.24) is 0 Å². The Hall–Kier alpha value is -0.460. The summed E-state index contributed by atoms with van der Waals surface area (Å²) in [6.45, 7) is 14.3. The molecule has 198 valence electrons. The van der Waals surface area contributed by atoms with Gasteiger partial charge < -0.3 is 26.3 Å². The third-order valence-corrected chi connectivity index (χ3v) is 9.42. The summed E-state index contributed by atoms with van der Waals surface area (Å²) < 4.78 is 0. The zero-order chi connectivity index (χ0) is 23.4. The monoisotopic (exact) mass is 472 g/mol. The van der Waals surface area contributed by atoms with Crippen LogP contribution in [0.25, 0.3) is 0 Å². The van der Waals surface area contributed by atoms with Gasteiger partial charge in [0.2, 0.25) is 0 Å². The molecule has 0 spiro atoms. The van der Waals surface area contributed by atoms with Crippen molar-refractivity contribution in [3.8, 4) is 0 Å². The fourth-order valence-electron chi connectivity index (χ4n) is 8.02. The molecule has 0 aromatic carbocycles. The van der Waals surface area contributed by atoms with Gasteiger partial charge in [0.15, 0.2) is 0 Å². The van der Waals surface area contributed by atoms with Crippen molar-refractivity contribution in [2.24, 2.45) is 46.3 Å². The Morgan fingerprint density at radius 3 is 2.12 bits per heavy atom. The van der Waals surface area contributed by atoms with Crippen LogP contribution in [-0.4, -0.2) is 46.1 Å². The summed E-state index contributed by atoms with van der Waals surface area (Å²) in [5.41, 5.74) is 2.43. The highest BCUT2D eigenvalue weighted by atomic mass is 16.3. The van der Waals surface area contributed by atoms with Crippen LogP contribution in [0.1, 0.15) is 99.3 Å². The van der Waals surface area contributed by atoms with Crippen molar-refractivity contribution >= 4 is 0 Å². The molecule has 0 bridgehead atoms. The van der Waals surface area contributed by atoms with Gasteiger partial charge in [-0.15, -0.1) is 0 Å². The molecule has 4 aliphatic carbocycles. The van der Waals surface area contributed by atoms with Crippen LogP contribution in [-0.2, 0) is 0 Å². The molecule has 0 aromatic heterocycles. The molecule has 0 saturated heterocycles. The lowest BCUT2D eigenvalue weighted by Gasteiger charge is -2.58. The van der Waals surface area contributed by atoms with Crippen molar-refractivity contribution in [3.63, 3.8) is 0 Å². The van der Waals surface area contributed by atoms with Crippen molar-refractivity contribution in [2.45, 2.75) is 105 Å². The minimum atomic E-state index is -0.0973. The zero-order valence-electron chi connectivity index (χ0n) is 22.5. The first-order valence-corrected chi connectivity index (χ1v) is 13.1. The molecule has 5 heteroatoms. The van der Waals surface area contributed by atoms with E-state index in [0.717, 1.165) is 56.0 Å². The second-order valence-corrected chi connectivity index (χ2v) is 12.1. The highest BCUT2D eigenvalue weighted by Crippen LogP contribution is 2.67. The lowest BCUT2D eigenvalue weighted by atomic mass is 9.47. The second-order valence-electron chi connectivity index (χ2n) is 12.1. The Bertz CT molecular complexity index is 588. The van der Waals surface area contributed by atoms with Gasteiger partial charge in [-0.05, 0) is 104 Å². The molecule has 4 rings (SSSR count). The van der Waals surface area contributed by atoms with E-state index in [9.17, 15) is 10.2 Å². The minimum Gasteiger partial charge on any atom is -0.412 e. The number of hydrogen-bond acceptors (Lipinski definition) is 3. The van der Waals surface area contributed by atoms with Crippen molar-refractivity contribution in [2.75, 3.05) is 13.7 Å². The molecule has 3 saturated carbocycles. The maximum atomic E-state index is 10.1. The maximum absolute atomic E-state index is 10.1. The summed E-state index contributed by atoms with van der Waals surface area (Å²) in [5.74, 6) is 4.86. The topological polar surface area (TPSA) is 124 Å². The largest absolute Gasteiger partial charge is 0.412 e. The normalized spacial score (nSPS) is 39.5. The Labute approximate surface area is 203 Å². The number of allylic oxidation sites excluding steroid dienone is 1. The molecule has 0 aliphatic heterocycles. The van der Waals surface area contributed by atoms with E-state index in [1.807, 2.05) is 0 Å². The van der Waals surface area contributed by atoms with Gasteiger partial charge in [-0.1, -0.05) is 53.2 Å². The van der Waals surface area contributed by atoms with Gasteiger partial charge in [0.1, 0.15) is 0 Å². The summed E-state index contributed by atoms with van der Waals surface area (Å²) in [5, 5.41) is 26.6. The van der Waals surface area contributed by atoms with E-state index in [4.69, 9.17) is 5.11 Å². The summed E-state index contributed by atoms with van der Waals surface area (Å²) in [6.07, 6.45) is 13.3. The van der Waals surface area contributed by atoms with Crippen LogP contribution in [0, 0.1) is 46.3 Å². The highest BCUT2D eigenvalue weighted by molar-refractivity contribution is 5.25. The quantitative estimate of drug-likeness (QED) is 0.521. The van der Waals surface area contributed by atoms with Crippen molar-refractivity contribution < 1.29 is 26.3 Å². The summed E-state index contributed by atoms with van der Waals surface area (Å²) in [6, 6.07) is 0. The molecular weight excluding hydrogens is 416 g/mol. The summed E-state index contributed by atoms with van der Waals surface area (Å²) in [7, 11) is 1.00. The molecule has 0 aromatic rings. The molecule has 8 unspecified atom stereocenters. The molecular formula is C28H56O5. The van der Waals surface area contributed by atoms with Gasteiger partial charge in [-0.3, -0.25) is 0 Å². The average Bonchev–Trinajstić information content (AvgIpc) is 3.07. The first-order chi connectivity index (χ1) is 14.6. The fraction of sp³-hybridized carbons (Fsp3) is 0.929. The van der Waals surface area contributed by atoms with E-state index < -0.39 is 0 Å².